The summed E-state index contributed by atoms with van der Waals surface area (Å²) in [5.41, 5.74) is 9.24. The molecule has 34 heavy (non-hydrogen) atoms. The number of aliphatic hydroxyl groups excluding tert-OH is 1. The van der Waals surface area contributed by atoms with Crippen LogP contribution in [-0.2, 0) is 13.0 Å². The topological polar surface area (TPSA) is 84.0 Å². The van der Waals surface area contributed by atoms with E-state index in [2.05, 4.69) is 22.8 Å². The van der Waals surface area contributed by atoms with E-state index >= 15 is 0 Å². The molecule has 0 saturated carbocycles. The van der Waals surface area contributed by atoms with Gasteiger partial charge in [0.25, 0.3) is 5.91 Å². The number of para-hydroxylation sites is 1. The summed E-state index contributed by atoms with van der Waals surface area (Å²) in [4.78, 5) is 16.5. The Morgan fingerprint density at radius 2 is 1.91 bits per heavy atom. The maximum Gasteiger partial charge on any atom is 0.265 e. The number of benzene rings is 2. The average molecular weight is 485 g/mol. The summed E-state index contributed by atoms with van der Waals surface area (Å²) in [5.74, 6) is 0.265. The number of aliphatic hydroxyl groups is 1. The van der Waals surface area contributed by atoms with Crippen LogP contribution in [0.25, 0.3) is 10.9 Å². The molecule has 1 saturated heterocycles. The van der Waals surface area contributed by atoms with Gasteiger partial charge in [-0.25, -0.2) is 0 Å². The van der Waals surface area contributed by atoms with Crippen molar-refractivity contribution >= 4 is 34.1 Å². The molecule has 1 aromatic heterocycles. The van der Waals surface area contributed by atoms with Gasteiger partial charge in [0.2, 0.25) is 0 Å². The van der Waals surface area contributed by atoms with Gasteiger partial charge in [0.1, 0.15) is 5.69 Å². The van der Waals surface area contributed by atoms with E-state index in [1.165, 1.54) is 5.56 Å². The smallest absolute Gasteiger partial charge is 0.265 e. The number of β-amino-alcohol motifs (C(OH)–C–C–N with tert-alkyl or cyclic N) is 1. The second-order valence-electron chi connectivity index (χ2n) is 8.82. The van der Waals surface area contributed by atoms with Crippen LogP contribution in [0, 0.1) is 0 Å². The van der Waals surface area contributed by atoms with E-state index in [0.29, 0.717) is 30.2 Å². The summed E-state index contributed by atoms with van der Waals surface area (Å²) in [6.07, 6.45) is 0.957. The second-order valence-corrected chi connectivity index (χ2v) is 9.23. The molecule has 4 rings (SSSR count). The van der Waals surface area contributed by atoms with Gasteiger partial charge in [0, 0.05) is 50.2 Å². The Morgan fingerprint density at radius 3 is 2.59 bits per heavy atom. The van der Waals surface area contributed by atoms with E-state index in [0.717, 1.165) is 54.9 Å². The number of halogens is 1. The minimum Gasteiger partial charge on any atom is -0.493 e. The minimum atomic E-state index is -0.499. The van der Waals surface area contributed by atoms with Crippen LogP contribution < -0.4 is 15.4 Å². The summed E-state index contributed by atoms with van der Waals surface area (Å²) in [7, 11) is 1.65. The average Bonchev–Trinajstić information content (AvgIpc) is 3.21. The van der Waals surface area contributed by atoms with Crippen LogP contribution in [0.5, 0.6) is 5.75 Å². The molecule has 1 fully saturated rings. The standard InChI is InChI=1S/C26H33ClN4O3/c1-3-18-14-21(27)25(34-2)23(15-18)30-12-10-29(11-13-30)17-20(32)8-9-31-22-7-5-4-6-19(22)16-24(31)26(28)33/h4-7,14-16,20,32H,3,8-13,17H2,1-2H3,(H2,28,33). The highest BCUT2D eigenvalue weighted by atomic mass is 35.5. The molecule has 1 unspecified atom stereocenters. The van der Waals surface area contributed by atoms with Crippen LogP contribution in [0.4, 0.5) is 5.69 Å². The minimum absolute atomic E-state index is 0.454. The zero-order valence-corrected chi connectivity index (χ0v) is 20.6. The number of amides is 1. The van der Waals surface area contributed by atoms with Crippen LogP contribution in [0.3, 0.4) is 0 Å². The van der Waals surface area contributed by atoms with Crippen molar-refractivity contribution in [2.45, 2.75) is 32.4 Å². The maximum atomic E-state index is 11.9. The molecular formula is C26H33ClN4O3. The summed E-state index contributed by atoms with van der Waals surface area (Å²) in [5, 5.41) is 12.4. The molecule has 0 aliphatic carbocycles. The Labute approximate surface area is 205 Å². The molecule has 1 amide bonds. The number of ether oxygens (including phenoxy) is 1. The van der Waals surface area contributed by atoms with Crippen LogP contribution in [-0.4, -0.2) is 66.4 Å². The first-order valence-corrected chi connectivity index (χ1v) is 12.2. The third-order valence-corrected chi connectivity index (χ3v) is 6.91. The van der Waals surface area contributed by atoms with Gasteiger partial charge in [0.05, 0.1) is 23.9 Å². The Balaban J connectivity index is 1.35. The number of nitrogens with zero attached hydrogens (tertiary/aromatic N) is 3. The highest BCUT2D eigenvalue weighted by Gasteiger charge is 2.23. The summed E-state index contributed by atoms with van der Waals surface area (Å²) >= 11 is 6.45. The zero-order valence-electron chi connectivity index (χ0n) is 19.8. The molecule has 3 N–H and O–H groups in total. The van der Waals surface area contributed by atoms with Crippen LogP contribution in [0.15, 0.2) is 42.5 Å². The van der Waals surface area contributed by atoms with Gasteiger partial charge in [0.15, 0.2) is 5.75 Å². The fraction of sp³-hybridized carbons (Fsp3) is 0.423. The lowest BCUT2D eigenvalue weighted by Crippen LogP contribution is -2.48. The molecule has 0 spiro atoms. The van der Waals surface area contributed by atoms with Crippen molar-refractivity contribution in [1.82, 2.24) is 9.47 Å². The number of primary amides is 1. The molecule has 1 atom stereocenters. The van der Waals surface area contributed by atoms with E-state index in [9.17, 15) is 9.90 Å². The third kappa shape index (κ3) is 5.17. The van der Waals surface area contributed by atoms with E-state index in [4.69, 9.17) is 22.1 Å². The van der Waals surface area contributed by atoms with Crippen LogP contribution in [0.1, 0.15) is 29.4 Å². The van der Waals surface area contributed by atoms with Crippen molar-refractivity contribution in [3.8, 4) is 5.75 Å². The number of methoxy groups -OCH3 is 1. The van der Waals surface area contributed by atoms with Crippen LogP contribution in [0.2, 0.25) is 5.02 Å². The van der Waals surface area contributed by atoms with Crippen molar-refractivity contribution in [3.63, 3.8) is 0 Å². The quantitative estimate of drug-likeness (QED) is 0.485. The maximum absolute atomic E-state index is 11.9. The Morgan fingerprint density at radius 1 is 1.18 bits per heavy atom. The first kappa shape index (κ1) is 24.4. The molecule has 0 radical (unpaired) electrons. The van der Waals surface area contributed by atoms with E-state index < -0.39 is 12.0 Å². The number of anilines is 1. The highest BCUT2D eigenvalue weighted by Crippen LogP contribution is 2.37. The van der Waals surface area contributed by atoms with Gasteiger partial charge < -0.3 is 25.0 Å². The number of fused-ring (bicyclic) bond motifs is 1. The number of aromatic nitrogens is 1. The summed E-state index contributed by atoms with van der Waals surface area (Å²) < 4.78 is 7.49. The van der Waals surface area contributed by atoms with Gasteiger partial charge in [-0.05, 0) is 42.7 Å². The number of rotatable bonds is 9. The predicted molar refractivity (Wildman–Crippen MR) is 137 cm³/mol. The second kappa shape index (κ2) is 10.7. The van der Waals surface area contributed by atoms with E-state index in [-0.39, 0.29) is 0 Å². The van der Waals surface area contributed by atoms with Crippen molar-refractivity contribution in [2.24, 2.45) is 5.73 Å². The largest absolute Gasteiger partial charge is 0.493 e. The Bertz CT molecular complexity index is 1150. The first-order valence-electron chi connectivity index (χ1n) is 11.8. The Kier molecular flexibility index (Phi) is 7.66. The number of carbonyl (C=O) groups excluding carboxylic acids is 1. The van der Waals surface area contributed by atoms with Gasteiger partial charge in [-0.3, -0.25) is 9.69 Å². The number of nitrogens with two attached hydrogens (primary N) is 1. The van der Waals surface area contributed by atoms with Crippen molar-refractivity contribution in [1.29, 1.82) is 0 Å². The normalized spacial score (nSPS) is 15.6. The fourth-order valence-corrected chi connectivity index (χ4v) is 5.08. The molecule has 7 nitrogen and oxygen atoms in total. The summed E-state index contributed by atoms with van der Waals surface area (Å²) in [6.45, 7) is 6.59. The Hall–Kier alpha value is -2.74. The van der Waals surface area contributed by atoms with Crippen molar-refractivity contribution in [2.75, 3.05) is 44.7 Å². The number of carbonyl (C=O) groups is 1. The molecule has 1 aliphatic heterocycles. The van der Waals surface area contributed by atoms with Crippen LogP contribution >= 0.6 is 11.6 Å². The lowest BCUT2D eigenvalue weighted by Gasteiger charge is -2.37. The fourth-order valence-electron chi connectivity index (χ4n) is 4.77. The monoisotopic (exact) mass is 484 g/mol. The molecule has 2 aromatic carbocycles. The van der Waals surface area contributed by atoms with E-state index in [1.54, 1.807) is 7.11 Å². The number of hydrogen-bond donors (Lipinski definition) is 2. The van der Waals surface area contributed by atoms with E-state index in [1.807, 2.05) is 41.0 Å². The number of hydrogen-bond acceptors (Lipinski definition) is 5. The highest BCUT2D eigenvalue weighted by molar-refractivity contribution is 6.32. The molecule has 2 heterocycles. The number of aryl methyl sites for hydroxylation is 2. The third-order valence-electron chi connectivity index (χ3n) is 6.63. The molecule has 8 heteroatoms. The lowest BCUT2D eigenvalue weighted by molar-refractivity contribution is 0.0952. The van der Waals surface area contributed by atoms with Crippen molar-refractivity contribution in [3.05, 3.63) is 58.7 Å². The van der Waals surface area contributed by atoms with Gasteiger partial charge in [-0.15, -0.1) is 0 Å². The predicted octanol–water partition coefficient (Wildman–Crippen LogP) is 3.54. The molecular weight excluding hydrogens is 452 g/mol. The van der Waals surface area contributed by atoms with Gasteiger partial charge >= 0.3 is 0 Å². The lowest BCUT2D eigenvalue weighted by atomic mass is 10.1. The summed E-state index contributed by atoms with van der Waals surface area (Å²) in [6, 6.07) is 13.8. The zero-order chi connectivity index (χ0) is 24.2. The molecule has 0 bridgehead atoms. The molecule has 1 aliphatic rings. The van der Waals surface area contributed by atoms with Gasteiger partial charge in [-0.1, -0.05) is 36.7 Å². The SMILES string of the molecule is CCc1cc(Cl)c(OC)c(N2CCN(CC(O)CCn3c(C(N)=O)cc4ccccc43)CC2)c1. The van der Waals surface area contributed by atoms with Gasteiger partial charge in [-0.2, -0.15) is 0 Å². The van der Waals surface area contributed by atoms with Crippen molar-refractivity contribution < 1.29 is 14.6 Å². The first-order chi connectivity index (χ1) is 16.4. The number of piperazine rings is 1. The molecule has 3 aromatic rings. The molecule has 182 valence electrons.